The lowest BCUT2D eigenvalue weighted by molar-refractivity contribution is 0.0355. The van der Waals surface area contributed by atoms with Crippen LogP contribution in [0.15, 0.2) is 48.7 Å². The summed E-state index contributed by atoms with van der Waals surface area (Å²) in [6.07, 6.45) is 7.14. The first-order valence-corrected chi connectivity index (χ1v) is 13.6. The lowest BCUT2D eigenvalue weighted by Gasteiger charge is -2.39. The first-order valence-electron chi connectivity index (χ1n) is 13.6. The number of nitrogens with zero attached hydrogens (tertiary/aromatic N) is 4. The van der Waals surface area contributed by atoms with Gasteiger partial charge in [-0.15, -0.1) is 0 Å². The second-order valence-electron chi connectivity index (χ2n) is 10.8. The van der Waals surface area contributed by atoms with Crippen LogP contribution in [0.1, 0.15) is 43.7 Å². The molecule has 2 aromatic carbocycles. The minimum absolute atomic E-state index is 0.639. The Balaban J connectivity index is 1.20. The molecule has 6 heteroatoms. The lowest BCUT2D eigenvalue weighted by atomic mass is 9.86. The van der Waals surface area contributed by atoms with Gasteiger partial charge in [0.15, 0.2) is 5.75 Å². The molecule has 6 rings (SSSR count). The van der Waals surface area contributed by atoms with E-state index in [0.717, 1.165) is 62.2 Å². The first kappa shape index (κ1) is 23.6. The van der Waals surface area contributed by atoms with Crippen LogP contribution in [0.3, 0.4) is 0 Å². The minimum Gasteiger partial charge on any atom is -0.495 e. The molecule has 3 aromatic rings. The zero-order chi connectivity index (χ0) is 24.5. The number of pyridine rings is 1. The maximum atomic E-state index is 6.39. The standard InChI is InChI=1S/C30H38N4O2/c1-22-9-11-25(12-10-22)34-20-24-18-23(26-6-5-13-31-29(26)30(24)36-21-34)19-32-14-16-33(17-15-32)27-7-3-4-8-28(27)35-2/h3-8,13,18,22,25H,9-12,14-17,19-21H2,1-2H3. The first-order chi connectivity index (χ1) is 17.7. The summed E-state index contributed by atoms with van der Waals surface area (Å²) in [5.41, 5.74) is 4.88. The average Bonchev–Trinajstić information content (AvgIpc) is 2.94. The van der Waals surface area contributed by atoms with E-state index in [1.165, 1.54) is 47.9 Å². The van der Waals surface area contributed by atoms with Crippen LogP contribution in [0, 0.1) is 5.92 Å². The number of hydrogen-bond donors (Lipinski definition) is 0. The van der Waals surface area contributed by atoms with Crippen molar-refractivity contribution in [2.75, 3.05) is 44.9 Å². The van der Waals surface area contributed by atoms with Crippen molar-refractivity contribution in [3.05, 3.63) is 59.8 Å². The zero-order valence-electron chi connectivity index (χ0n) is 21.7. The summed E-state index contributed by atoms with van der Waals surface area (Å²) in [7, 11) is 1.75. The van der Waals surface area contributed by atoms with Crippen LogP contribution in [0.25, 0.3) is 10.9 Å². The largest absolute Gasteiger partial charge is 0.495 e. The number of benzene rings is 2. The molecule has 190 valence electrons. The molecule has 0 amide bonds. The number of fused-ring (bicyclic) bond motifs is 3. The fourth-order valence-corrected chi connectivity index (χ4v) is 6.29. The molecule has 0 unspecified atom stereocenters. The smallest absolute Gasteiger partial charge is 0.152 e. The Morgan fingerprint density at radius 3 is 2.61 bits per heavy atom. The molecule has 1 aliphatic carbocycles. The fraction of sp³-hybridized carbons (Fsp3) is 0.500. The number of aromatic nitrogens is 1. The van der Waals surface area contributed by atoms with Gasteiger partial charge in [0, 0.05) is 62.5 Å². The van der Waals surface area contributed by atoms with Gasteiger partial charge in [0.2, 0.25) is 0 Å². The van der Waals surface area contributed by atoms with Crippen LogP contribution in [-0.2, 0) is 13.1 Å². The summed E-state index contributed by atoms with van der Waals surface area (Å²) in [5.74, 6) is 2.81. The quantitative estimate of drug-likeness (QED) is 0.488. The molecule has 3 aliphatic rings. The van der Waals surface area contributed by atoms with E-state index in [0.29, 0.717) is 12.8 Å². The van der Waals surface area contributed by atoms with Gasteiger partial charge in [0.25, 0.3) is 0 Å². The van der Waals surface area contributed by atoms with Crippen LogP contribution in [0.5, 0.6) is 11.5 Å². The molecule has 1 saturated carbocycles. The predicted octanol–water partition coefficient (Wildman–Crippen LogP) is 5.30. The second kappa shape index (κ2) is 10.3. The van der Waals surface area contributed by atoms with Crippen LogP contribution < -0.4 is 14.4 Å². The third kappa shape index (κ3) is 4.64. The molecule has 36 heavy (non-hydrogen) atoms. The fourth-order valence-electron chi connectivity index (χ4n) is 6.29. The minimum atomic E-state index is 0.639. The molecule has 1 aromatic heterocycles. The van der Waals surface area contributed by atoms with Crippen molar-refractivity contribution in [1.29, 1.82) is 0 Å². The summed E-state index contributed by atoms with van der Waals surface area (Å²) >= 11 is 0. The molecule has 6 nitrogen and oxygen atoms in total. The molecule has 0 radical (unpaired) electrons. The van der Waals surface area contributed by atoms with Gasteiger partial charge in [-0.05, 0) is 61.4 Å². The van der Waals surface area contributed by atoms with Gasteiger partial charge in [-0.25, -0.2) is 0 Å². The van der Waals surface area contributed by atoms with Crippen molar-refractivity contribution < 1.29 is 9.47 Å². The Morgan fingerprint density at radius 1 is 1.00 bits per heavy atom. The van der Waals surface area contributed by atoms with Gasteiger partial charge >= 0.3 is 0 Å². The molecule has 0 spiro atoms. The average molecular weight is 487 g/mol. The second-order valence-corrected chi connectivity index (χ2v) is 10.8. The molecule has 3 heterocycles. The summed E-state index contributed by atoms with van der Waals surface area (Å²) in [4.78, 5) is 12.4. The number of methoxy groups -OCH3 is 1. The van der Waals surface area contributed by atoms with Crippen molar-refractivity contribution in [3.8, 4) is 11.5 Å². The Labute approximate surface area is 214 Å². The summed E-state index contributed by atoms with van der Waals surface area (Å²) < 4.78 is 12.0. The van der Waals surface area contributed by atoms with Gasteiger partial charge in [-0.3, -0.25) is 14.8 Å². The van der Waals surface area contributed by atoms with Crippen molar-refractivity contribution in [1.82, 2.24) is 14.8 Å². The monoisotopic (exact) mass is 486 g/mol. The van der Waals surface area contributed by atoms with E-state index in [4.69, 9.17) is 14.5 Å². The number of rotatable bonds is 5. The Kier molecular flexibility index (Phi) is 6.72. The van der Waals surface area contributed by atoms with Gasteiger partial charge in [0.05, 0.1) is 12.8 Å². The highest BCUT2D eigenvalue weighted by Crippen LogP contribution is 2.38. The van der Waals surface area contributed by atoms with Gasteiger partial charge in [-0.1, -0.05) is 25.1 Å². The number of ether oxygens (including phenoxy) is 2. The maximum Gasteiger partial charge on any atom is 0.152 e. The number of piperazine rings is 1. The van der Waals surface area contributed by atoms with Gasteiger partial charge in [0.1, 0.15) is 18.0 Å². The van der Waals surface area contributed by atoms with E-state index < -0.39 is 0 Å². The molecular weight excluding hydrogens is 448 g/mol. The van der Waals surface area contributed by atoms with Crippen LogP contribution >= 0.6 is 0 Å². The molecule has 0 N–H and O–H groups in total. The lowest BCUT2D eigenvalue weighted by Crippen LogP contribution is -2.46. The normalized spacial score (nSPS) is 23.3. The van der Waals surface area contributed by atoms with Gasteiger partial charge in [-0.2, -0.15) is 0 Å². The highest BCUT2D eigenvalue weighted by atomic mass is 16.5. The van der Waals surface area contributed by atoms with Crippen molar-refractivity contribution >= 4 is 16.6 Å². The Morgan fingerprint density at radius 2 is 1.81 bits per heavy atom. The van der Waals surface area contributed by atoms with Crippen molar-refractivity contribution in [2.45, 2.75) is 51.7 Å². The SMILES string of the molecule is COc1ccccc1N1CCN(Cc2cc3c(c4ncccc24)OCN(C2CCC(C)CC2)C3)CC1. The Bertz CT molecular complexity index is 1200. The molecular formula is C30H38N4O2. The van der Waals surface area contributed by atoms with Gasteiger partial charge < -0.3 is 14.4 Å². The van der Waals surface area contributed by atoms with Crippen LogP contribution in [0.4, 0.5) is 5.69 Å². The highest BCUT2D eigenvalue weighted by molar-refractivity contribution is 5.89. The summed E-state index contributed by atoms with van der Waals surface area (Å²) in [6.45, 7) is 9.03. The van der Waals surface area contributed by atoms with Crippen LogP contribution in [-0.4, -0.2) is 60.8 Å². The number of hydrogen-bond acceptors (Lipinski definition) is 6. The van der Waals surface area contributed by atoms with E-state index in [1.807, 2.05) is 18.3 Å². The molecule has 2 fully saturated rings. The third-order valence-corrected chi connectivity index (χ3v) is 8.45. The van der Waals surface area contributed by atoms with E-state index in [2.05, 4.69) is 52.0 Å². The topological polar surface area (TPSA) is 41.1 Å². The molecule has 2 aliphatic heterocycles. The number of para-hydroxylation sites is 2. The zero-order valence-corrected chi connectivity index (χ0v) is 21.7. The predicted molar refractivity (Wildman–Crippen MR) is 145 cm³/mol. The summed E-state index contributed by atoms with van der Waals surface area (Å²) in [5, 5.41) is 1.23. The van der Waals surface area contributed by atoms with E-state index in [-0.39, 0.29) is 0 Å². The Hall–Kier alpha value is -2.83. The summed E-state index contributed by atoms with van der Waals surface area (Å²) in [6, 6.07) is 15.6. The highest BCUT2D eigenvalue weighted by Gasteiger charge is 2.30. The molecule has 1 saturated heterocycles. The maximum absolute atomic E-state index is 6.39. The van der Waals surface area contributed by atoms with E-state index in [9.17, 15) is 0 Å². The van der Waals surface area contributed by atoms with E-state index in [1.54, 1.807) is 7.11 Å². The van der Waals surface area contributed by atoms with Crippen LogP contribution in [0.2, 0.25) is 0 Å². The van der Waals surface area contributed by atoms with E-state index >= 15 is 0 Å². The number of anilines is 1. The molecule has 0 bridgehead atoms. The third-order valence-electron chi connectivity index (χ3n) is 8.45. The van der Waals surface area contributed by atoms with Crippen molar-refractivity contribution in [2.24, 2.45) is 5.92 Å². The van der Waals surface area contributed by atoms with Crippen molar-refractivity contribution in [3.63, 3.8) is 0 Å². The molecule has 0 atom stereocenters.